The van der Waals surface area contributed by atoms with Gasteiger partial charge in [-0.2, -0.15) is 5.10 Å². The summed E-state index contributed by atoms with van der Waals surface area (Å²) in [7, 11) is 0. The van der Waals surface area contributed by atoms with E-state index >= 15 is 0 Å². The van der Waals surface area contributed by atoms with Gasteiger partial charge in [-0.1, -0.05) is 0 Å². The molecule has 0 aliphatic heterocycles. The van der Waals surface area contributed by atoms with Crippen molar-refractivity contribution in [1.29, 1.82) is 0 Å². The molecule has 5 heteroatoms. The number of hydrogen-bond acceptors (Lipinski definition) is 3. The lowest BCUT2D eigenvalue weighted by atomic mass is 10.2. The third-order valence-corrected chi connectivity index (χ3v) is 3.65. The number of aromatic nitrogens is 2. The Morgan fingerprint density at radius 1 is 1.53 bits per heavy atom. The number of aliphatic hydroxyl groups excluding tert-OH is 1. The summed E-state index contributed by atoms with van der Waals surface area (Å²) < 4.78 is 0. The van der Waals surface area contributed by atoms with Gasteiger partial charge in [0, 0.05) is 10.9 Å². The fourth-order valence-corrected chi connectivity index (χ4v) is 2.25. The minimum absolute atomic E-state index is 0.00130. The van der Waals surface area contributed by atoms with E-state index in [4.69, 9.17) is 0 Å². The first kappa shape index (κ1) is 9.18. The maximum Gasteiger partial charge on any atom is 0.270 e. The van der Waals surface area contributed by atoms with Crippen LogP contribution in [0.25, 0.3) is 22.0 Å². The van der Waals surface area contributed by atoms with Gasteiger partial charge in [-0.25, -0.2) is 0 Å². The molecular formula is C12H11N3O2. The molecule has 1 amide bonds. The predicted molar refractivity (Wildman–Crippen MR) is 61.6 cm³/mol. The average molecular weight is 229 g/mol. The predicted octanol–water partition coefficient (Wildman–Crippen LogP) is 0.798. The molecule has 3 aliphatic carbocycles. The molecule has 0 bridgehead atoms. The summed E-state index contributed by atoms with van der Waals surface area (Å²) in [5.41, 5.74) is 3.30. The summed E-state index contributed by atoms with van der Waals surface area (Å²) in [4.78, 5) is 12.1. The SMILES string of the molecule is O=C(NC1(CO)CC1)c1[nH]nc2c3cc-3cc12. The van der Waals surface area contributed by atoms with E-state index in [1.807, 2.05) is 12.1 Å². The maximum atomic E-state index is 12.1. The molecule has 86 valence electrons. The lowest BCUT2D eigenvalue weighted by Gasteiger charge is -2.13. The molecule has 0 saturated heterocycles. The van der Waals surface area contributed by atoms with Crippen molar-refractivity contribution in [3.05, 3.63) is 17.8 Å². The van der Waals surface area contributed by atoms with Crippen LogP contribution in [0.1, 0.15) is 23.3 Å². The van der Waals surface area contributed by atoms with Gasteiger partial charge < -0.3 is 10.4 Å². The molecule has 1 heterocycles. The third-order valence-electron chi connectivity index (χ3n) is 3.65. The van der Waals surface area contributed by atoms with Crippen molar-refractivity contribution in [3.63, 3.8) is 0 Å². The molecule has 3 aliphatic rings. The van der Waals surface area contributed by atoms with Crippen LogP contribution in [-0.2, 0) is 0 Å². The van der Waals surface area contributed by atoms with Gasteiger partial charge in [-0.3, -0.25) is 9.89 Å². The molecule has 0 radical (unpaired) electrons. The van der Waals surface area contributed by atoms with E-state index in [-0.39, 0.29) is 18.1 Å². The highest BCUT2D eigenvalue weighted by atomic mass is 16.3. The van der Waals surface area contributed by atoms with Gasteiger partial charge >= 0.3 is 0 Å². The fourth-order valence-electron chi connectivity index (χ4n) is 2.25. The Labute approximate surface area is 96.8 Å². The van der Waals surface area contributed by atoms with Crippen molar-refractivity contribution in [3.8, 4) is 11.1 Å². The first-order chi connectivity index (χ1) is 8.22. The van der Waals surface area contributed by atoms with Gasteiger partial charge in [0.1, 0.15) is 11.2 Å². The monoisotopic (exact) mass is 229 g/mol. The van der Waals surface area contributed by atoms with Gasteiger partial charge in [0.15, 0.2) is 0 Å². The molecule has 17 heavy (non-hydrogen) atoms. The molecule has 0 atom stereocenters. The smallest absolute Gasteiger partial charge is 0.270 e. The standard InChI is InChI=1S/C12H11N3O2/c16-5-12(1-2-12)13-11(17)10-8-4-6-3-7(6)9(8)14-15-10/h3-4,16H,1-2,5H2,(H,13,17)(H,14,15). The lowest BCUT2D eigenvalue weighted by molar-refractivity contribution is 0.0903. The van der Waals surface area contributed by atoms with Crippen LogP contribution >= 0.6 is 0 Å². The number of nitrogens with one attached hydrogen (secondary N) is 2. The third kappa shape index (κ3) is 1.17. The van der Waals surface area contributed by atoms with Gasteiger partial charge in [-0.05, 0) is 30.5 Å². The zero-order valence-corrected chi connectivity index (χ0v) is 9.08. The Morgan fingerprint density at radius 2 is 2.35 bits per heavy atom. The maximum absolute atomic E-state index is 12.1. The van der Waals surface area contributed by atoms with Crippen molar-refractivity contribution in [2.75, 3.05) is 6.61 Å². The van der Waals surface area contributed by atoms with Crippen LogP contribution in [0.15, 0.2) is 12.1 Å². The van der Waals surface area contributed by atoms with Crippen LogP contribution in [0.5, 0.6) is 0 Å². The van der Waals surface area contributed by atoms with Crippen LogP contribution < -0.4 is 5.32 Å². The Hall–Kier alpha value is -1.88. The second kappa shape index (κ2) is 2.68. The van der Waals surface area contributed by atoms with Crippen molar-refractivity contribution >= 4 is 16.8 Å². The number of aromatic amines is 1. The van der Waals surface area contributed by atoms with Crippen molar-refractivity contribution < 1.29 is 9.90 Å². The highest BCUT2D eigenvalue weighted by Gasteiger charge is 2.44. The molecule has 3 N–H and O–H groups in total. The van der Waals surface area contributed by atoms with E-state index < -0.39 is 0 Å². The molecule has 5 nitrogen and oxygen atoms in total. The fraction of sp³-hybridized carbons (Fsp3) is 0.333. The minimum atomic E-state index is -0.386. The highest BCUT2D eigenvalue weighted by Crippen LogP contribution is 2.43. The molecule has 1 aromatic rings. The summed E-state index contributed by atoms with van der Waals surface area (Å²) in [5.74, 6) is -0.177. The largest absolute Gasteiger partial charge is 0.394 e. The van der Waals surface area contributed by atoms with Crippen molar-refractivity contribution in [2.24, 2.45) is 0 Å². The zero-order chi connectivity index (χ0) is 11.6. The molecule has 4 rings (SSSR count). The first-order valence-electron chi connectivity index (χ1n) is 5.68. The summed E-state index contributed by atoms with van der Waals surface area (Å²) in [5, 5.41) is 19.9. The van der Waals surface area contributed by atoms with E-state index in [1.165, 1.54) is 5.56 Å². The number of amides is 1. The summed E-state index contributed by atoms with van der Waals surface area (Å²) in [6, 6.07) is 4.02. The van der Waals surface area contributed by atoms with E-state index in [0.29, 0.717) is 5.69 Å². The molecular weight excluding hydrogens is 218 g/mol. The Kier molecular flexibility index (Phi) is 1.45. The van der Waals surface area contributed by atoms with Gasteiger partial charge in [-0.15, -0.1) is 0 Å². The normalized spacial score (nSPS) is 18.2. The summed E-state index contributed by atoms with van der Waals surface area (Å²) >= 11 is 0. The molecule has 0 unspecified atom stereocenters. The number of rotatable bonds is 3. The minimum Gasteiger partial charge on any atom is -0.394 e. The molecule has 0 spiro atoms. The number of H-pyrrole nitrogens is 1. The number of hydrogen-bond donors (Lipinski definition) is 3. The number of carbonyl (C=O) groups is 1. The van der Waals surface area contributed by atoms with E-state index in [0.717, 1.165) is 29.3 Å². The Bertz CT molecular complexity index is 655. The van der Waals surface area contributed by atoms with Crippen LogP contribution in [0.3, 0.4) is 0 Å². The van der Waals surface area contributed by atoms with Crippen molar-refractivity contribution in [1.82, 2.24) is 15.5 Å². The molecule has 1 fully saturated rings. The van der Waals surface area contributed by atoms with Crippen LogP contribution in [0.2, 0.25) is 0 Å². The van der Waals surface area contributed by atoms with Crippen LogP contribution in [0.4, 0.5) is 0 Å². The number of nitrogens with zero attached hydrogens (tertiary/aromatic N) is 1. The Balaban J connectivity index is 1.69. The van der Waals surface area contributed by atoms with Gasteiger partial charge in [0.25, 0.3) is 5.91 Å². The zero-order valence-electron chi connectivity index (χ0n) is 9.08. The second-order valence-corrected chi connectivity index (χ2v) is 4.91. The van der Waals surface area contributed by atoms with Crippen molar-refractivity contribution in [2.45, 2.75) is 18.4 Å². The van der Waals surface area contributed by atoms with Gasteiger partial charge in [0.05, 0.1) is 12.1 Å². The average Bonchev–Trinajstić information content (AvgIpc) is 3.18. The topological polar surface area (TPSA) is 78.0 Å². The highest BCUT2D eigenvalue weighted by molar-refractivity contribution is 6.15. The summed E-state index contributed by atoms with van der Waals surface area (Å²) in [6.45, 7) is 0.00130. The van der Waals surface area contributed by atoms with E-state index in [1.54, 1.807) is 0 Å². The van der Waals surface area contributed by atoms with E-state index in [2.05, 4.69) is 15.5 Å². The number of benzene rings is 1. The Morgan fingerprint density at radius 3 is 3.06 bits per heavy atom. The number of aliphatic hydroxyl groups is 1. The second-order valence-electron chi connectivity index (χ2n) is 4.91. The number of carbonyl (C=O) groups excluding carboxylic acids is 1. The molecule has 1 saturated carbocycles. The first-order valence-corrected chi connectivity index (χ1v) is 5.68. The lowest BCUT2D eigenvalue weighted by Crippen LogP contribution is -2.39. The quantitative estimate of drug-likeness (QED) is 0.621. The molecule has 0 aromatic carbocycles. The molecule has 1 aromatic heterocycles. The van der Waals surface area contributed by atoms with Crippen LogP contribution in [0, 0.1) is 0 Å². The number of fused-ring (bicyclic) bond motifs is 3. The summed E-state index contributed by atoms with van der Waals surface area (Å²) in [6.07, 6.45) is 1.69. The van der Waals surface area contributed by atoms with Gasteiger partial charge in [0.2, 0.25) is 0 Å². The van der Waals surface area contributed by atoms with Crippen LogP contribution in [-0.4, -0.2) is 33.4 Å². The van der Waals surface area contributed by atoms with E-state index in [9.17, 15) is 9.90 Å².